The van der Waals surface area contributed by atoms with E-state index in [1.165, 1.54) is 6.07 Å². The average Bonchev–Trinajstić information content (AvgIpc) is 2.19. The SMILES string of the molecule is O=CCC=Cc1ccc(C(F)(F)F)cc1Br. The third-order valence-electron chi connectivity index (χ3n) is 1.86. The maximum Gasteiger partial charge on any atom is 0.416 e. The van der Waals surface area contributed by atoms with E-state index in [0.717, 1.165) is 12.1 Å². The molecule has 0 saturated carbocycles. The Balaban J connectivity index is 2.96. The number of hydrogen-bond donors (Lipinski definition) is 0. The van der Waals surface area contributed by atoms with E-state index in [4.69, 9.17) is 0 Å². The van der Waals surface area contributed by atoms with Crippen molar-refractivity contribution in [3.8, 4) is 0 Å². The second-order valence-corrected chi connectivity index (χ2v) is 3.89. The smallest absolute Gasteiger partial charge is 0.303 e. The summed E-state index contributed by atoms with van der Waals surface area (Å²) >= 11 is 3.05. The fourth-order valence-corrected chi connectivity index (χ4v) is 1.60. The number of carbonyl (C=O) groups is 1. The van der Waals surface area contributed by atoms with Crippen LogP contribution in [0.25, 0.3) is 6.08 Å². The van der Waals surface area contributed by atoms with Crippen LogP contribution in [0.2, 0.25) is 0 Å². The van der Waals surface area contributed by atoms with Gasteiger partial charge in [0.2, 0.25) is 0 Å². The third kappa shape index (κ3) is 3.48. The Morgan fingerprint density at radius 3 is 2.50 bits per heavy atom. The van der Waals surface area contributed by atoms with Gasteiger partial charge in [-0.05, 0) is 17.7 Å². The molecule has 0 aromatic heterocycles. The summed E-state index contributed by atoms with van der Waals surface area (Å²) in [5.74, 6) is 0. The molecule has 1 aromatic rings. The molecule has 0 unspecified atom stereocenters. The normalized spacial score (nSPS) is 12.0. The maximum atomic E-state index is 12.3. The van der Waals surface area contributed by atoms with Crippen LogP contribution in [0.15, 0.2) is 28.7 Å². The van der Waals surface area contributed by atoms with Crippen molar-refractivity contribution in [3.05, 3.63) is 39.9 Å². The zero-order chi connectivity index (χ0) is 12.2. The van der Waals surface area contributed by atoms with Gasteiger partial charge < -0.3 is 4.79 Å². The maximum absolute atomic E-state index is 12.3. The summed E-state index contributed by atoms with van der Waals surface area (Å²) in [6.45, 7) is 0. The molecule has 0 atom stereocenters. The number of halogens is 4. The van der Waals surface area contributed by atoms with E-state index < -0.39 is 11.7 Å². The summed E-state index contributed by atoms with van der Waals surface area (Å²) in [5, 5.41) is 0. The quantitative estimate of drug-likeness (QED) is 0.768. The van der Waals surface area contributed by atoms with Gasteiger partial charge in [0.25, 0.3) is 0 Å². The predicted molar refractivity (Wildman–Crippen MR) is 58.9 cm³/mol. The molecule has 5 heteroatoms. The molecule has 0 fully saturated rings. The molecule has 0 aliphatic rings. The van der Waals surface area contributed by atoms with E-state index in [1.54, 1.807) is 12.2 Å². The number of carbonyl (C=O) groups excluding carboxylic acids is 1. The highest BCUT2D eigenvalue weighted by atomic mass is 79.9. The first kappa shape index (κ1) is 13.0. The van der Waals surface area contributed by atoms with Crippen LogP contribution in [0.1, 0.15) is 17.5 Å². The van der Waals surface area contributed by atoms with Gasteiger partial charge in [-0.15, -0.1) is 0 Å². The summed E-state index contributed by atoms with van der Waals surface area (Å²) in [6, 6.07) is 3.38. The molecule has 1 nitrogen and oxygen atoms in total. The fourth-order valence-electron chi connectivity index (χ4n) is 1.09. The summed E-state index contributed by atoms with van der Waals surface area (Å²) in [4.78, 5) is 10.1. The topological polar surface area (TPSA) is 17.1 Å². The largest absolute Gasteiger partial charge is 0.416 e. The van der Waals surface area contributed by atoms with Crippen molar-refractivity contribution in [2.45, 2.75) is 12.6 Å². The minimum absolute atomic E-state index is 0.244. The van der Waals surface area contributed by atoms with E-state index in [2.05, 4.69) is 15.9 Å². The zero-order valence-electron chi connectivity index (χ0n) is 8.09. The van der Waals surface area contributed by atoms with Crippen LogP contribution in [-0.4, -0.2) is 6.29 Å². The van der Waals surface area contributed by atoms with Crippen LogP contribution in [0.4, 0.5) is 13.2 Å². The lowest BCUT2D eigenvalue weighted by atomic mass is 10.1. The number of benzene rings is 1. The first-order valence-electron chi connectivity index (χ1n) is 4.42. The van der Waals surface area contributed by atoms with Gasteiger partial charge in [-0.1, -0.05) is 34.1 Å². The molecular formula is C11H8BrF3O. The van der Waals surface area contributed by atoms with E-state index in [1.807, 2.05) is 0 Å². The van der Waals surface area contributed by atoms with Crippen LogP contribution in [0.5, 0.6) is 0 Å². The Bertz CT molecular complexity index is 410. The standard InChI is InChI=1S/C11H8BrF3O/c12-10-7-9(11(13,14)15)5-4-8(10)3-1-2-6-16/h1,3-7H,2H2. The van der Waals surface area contributed by atoms with Crippen molar-refractivity contribution < 1.29 is 18.0 Å². The second-order valence-electron chi connectivity index (χ2n) is 3.04. The Labute approximate surface area is 99.1 Å². The average molecular weight is 293 g/mol. The molecular weight excluding hydrogens is 285 g/mol. The summed E-state index contributed by atoms with van der Waals surface area (Å²) in [6.07, 6.45) is -0.200. The highest BCUT2D eigenvalue weighted by molar-refractivity contribution is 9.10. The lowest BCUT2D eigenvalue weighted by Crippen LogP contribution is -2.04. The van der Waals surface area contributed by atoms with Crippen LogP contribution in [-0.2, 0) is 11.0 Å². The molecule has 0 heterocycles. The second kappa shape index (κ2) is 5.30. The minimum atomic E-state index is -4.34. The molecule has 0 N–H and O–H groups in total. The first-order chi connectivity index (χ1) is 7.45. The molecule has 0 amide bonds. The lowest BCUT2D eigenvalue weighted by Gasteiger charge is -2.08. The van der Waals surface area contributed by atoms with Gasteiger partial charge >= 0.3 is 6.18 Å². The predicted octanol–water partition coefficient (Wildman–Crippen LogP) is 4.07. The number of hydrogen-bond acceptors (Lipinski definition) is 1. The van der Waals surface area contributed by atoms with Gasteiger partial charge in [0, 0.05) is 10.9 Å². The zero-order valence-corrected chi connectivity index (χ0v) is 9.68. The Kier molecular flexibility index (Phi) is 4.29. The molecule has 16 heavy (non-hydrogen) atoms. The number of allylic oxidation sites excluding steroid dienone is 1. The van der Waals surface area contributed by atoms with Crippen LogP contribution in [0, 0.1) is 0 Å². The molecule has 1 rings (SSSR count). The monoisotopic (exact) mass is 292 g/mol. The van der Waals surface area contributed by atoms with E-state index in [9.17, 15) is 18.0 Å². The minimum Gasteiger partial charge on any atom is -0.303 e. The molecule has 0 radical (unpaired) electrons. The van der Waals surface area contributed by atoms with Crippen LogP contribution in [0.3, 0.4) is 0 Å². The first-order valence-corrected chi connectivity index (χ1v) is 5.21. The van der Waals surface area contributed by atoms with Gasteiger partial charge in [-0.25, -0.2) is 0 Å². The number of rotatable bonds is 3. The third-order valence-corrected chi connectivity index (χ3v) is 2.54. The Hall–Kier alpha value is -1.10. The van der Waals surface area contributed by atoms with Gasteiger partial charge in [0.1, 0.15) is 6.29 Å². The van der Waals surface area contributed by atoms with Crippen LogP contribution < -0.4 is 0 Å². The highest BCUT2D eigenvalue weighted by Crippen LogP contribution is 2.32. The molecule has 0 aliphatic carbocycles. The fraction of sp³-hybridized carbons (Fsp3) is 0.182. The Morgan fingerprint density at radius 2 is 2.00 bits per heavy atom. The molecule has 1 aromatic carbocycles. The highest BCUT2D eigenvalue weighted by Gasteiger charge is 2.30. The number of alkyl halides is 3. The van der Waals surface area contributed by atoms with E-state index in [0.29, 0.717) is 16.3 Å². The van der Waals surface area contributed by atoms with E-state index >= 15 is 0 Å². The van der Waals surface area contributed by atoms with Gasteiger partial charge in [0.15, 0.2) is 0 Å². The van der Waals surface area contributed by atoms with E-state index in [-0.39, 0.29) is 6.42 Å². The van der Waals surface area contributed by atoms with Crippen molar-refractivity contribution in [2.75, 3.05) is 0 Å². The molecule has 0 spiro atoms. The van der Waals surface area contributed by atoms with Crippen molar-refractivity contribution in [3.63, 3.8) is 0 Å². The lowest BCUT2D eigenvalue weighted by molar-refractivity contribution is -0.137. The van der Waals surface area contributed by atoms with Crippen molar-refractivity contribution in [2.24, 2.45) is 0 Å². The summed E-state index contributed by atoms with van der Waals surface area (Å²) in [5.41, 5.74) is -0.0956. The van der Waals surface area contributed by atoms with Crippen molar-refractivity contribution >= 4 is 28.3 Å². The summed E-state index contributed by atoms with van der Waals surface area (Å²) in [7, 11) is 0. The molecule has 86 valence electrons. The van der Waals surface area contributed by atoms with Crippen molar-refractivity contribution in [1.29, 1.82) is 0 Å². The Morgan fingerprint density at radius 1 is 1.31 bits per heavy atom. The van der Waals surface area contributed by atoms with Gasteiger partial charge in [-0.3, -0.25) is 0 Å². The van der Waals surface area contributed by atoms with Gasteiger partial charge in [0.05, 0.1) is 5.56 Å². The van der Waals surface area contributed by atoms with Gasteiger partial charge in [-0.2, -0.15) is 13.2 Å². The summed E-state index contributed by atoms with van der Waals surface area (Å²) < 4.78 is 37.3. The molecule has 0 bridgehead atoms. The number of aldehydes is 1. The molecule has 0 saturated heterocycles. The van der Waals surface area contributed by atoms with Crippen molar-refractivity contribution in [1.82, 2.24) is 0 Å². The van der Waals surface area contributed by atoms with Crippen LogP contribution >= 0.6 is 15.9 Å². The molecule has 0 aliphatic heterocycles.